The van der Waals surface area contributed by atoms with E-state index in [0.29, 0.717) is 5.88 Å². The van der Waals surface area contributed by atoms with Crippen LogP contribution >= 0.6 is 27.5 Å². The van der Waals surface area contributed by atoms with Crippen LogP contribution in [0.15, 0.2) is 47.1 Å². The molecule has 0 amide bonds. The van der Waals surface area contributed by atoms with Gasteiger partial charge in [0.25, 0.3) is 0 Å². The third kappa shape index (κ3) is 3.71. The molecule has 0 aliphatic carbocycles. The fourth-order valence-electron chi connectivity index (χ4n) is 2.00. The maximum absolute atomic E-state index is 6.03. The van der Waals surface area contributed by atoms with Gasteiger partial charge in [0.1, 0.15) is 0 Å². The number of pyridine rings is 1. The summed E-state index contributed by atoms with van der Waals surface area (Å²) < 4.78 is 1.07. The van der Waals surface area contributed by atoms with Crippen LogP contribution in [-0.4, -0.2) is 11.5 Å². The smallest absolute Gasteiger partial charge is 0.0602 e. The Kier molecular flexibility index (Phi) is 5.23. The number of hydrogen-bond acceptors (Lipinski definition) is 2. The lowest BCUT2D eigenvalue weighted by molar-refractivity contribution is 0.805. The second-order valence-electron chi connectivity index (χ2n) is 4.24. The molecule has 0 fully saturated rings. The van der Waals surface area contributed by atoms with Crippen molar-refractivity contribution >= 4 is 33.2 Å². The van der Waals surface area contributed by atoms with E-state index in [-0.39, 0.29) is 0 Å². The molecule has 0 saturated carbocycles. The first kappa shape index (κ1) is 14.4. The van der Waals surface area contributed by atoms with Crippen molar-refractivity contribution in [2.24, 2.45) is 0 Å². The fraction of sp³-hybridized carbons (Fsp3) is 0.267. The van der Waals surface area contributed by atoms with Crippen LogP contribution in [0.5, 0.6) is 0 Å². The fourth-order valence-corrected chi connectivity index (χ4v) is 2.57. The highest BCUT2D eigenvalue weighted by Gasteiger charge is 2.11. The molecule has 2 rings (SSSR count). The van der Waals surface area contributed by atoms with E-state index >= 15 is 0 Å². The van der Waals surface area contributed by atoms with Crippen LogP contribution in [0.2, 0.25) is 0 Å². The minimum absolute atomic E-state index is 0.515. The molecular formula is C15H16BrClN2. The van der Waals surface area contributed by atoms with Gasteiger partial charge in [-0.3, -0.25) is 4.98 Å². The van der Waals surface area contributed by atoms with Gasteiger partial charge in [-0.2, -0.15) is 0 Å². The normalized spacial score (nSPS) is 10.5. The van der Waals surface area contributed by atoms with Crippen LogP contribution in [0.3, 0.4) is 0 Å². The van der Waals surface area contributed by atoms with Crippen molar-refractivity contribution < 1.29 is 0 Å². The molecule has 0 aliphatic rings. The zero-order valence-corrected chi connectivity index (χ0v) is 13.2. The Morgan fingerprint density at radius 1 is 1.26 bits per heavy atom. The van der Waals surface area contributed by atoms with Crippen molar-refractivity contribution in [2.45, 2.75) is 19.3 Å². The van der Waals surface area contributed by atoms with Crippen LogP contribution in [-0.2, 0) is 12.4 Å². The van der Waals surface area contributed by atoms with E-state index in [0.717, 1.165) is 34.5 Å². The lowest BCUT2D eigenvalue weighted by atomic mass is 10.1. The molecule has 0 saturated heterocycles. The van der Waals surface area contributed by atoms with Crippen molar-refractivity contribution in [3.63, 3.8) is 0 Å². The number of halogens is 2. The number of nitrogens with zero attached hydrogens (tertiary/aromatic N) is 2. The molecule has 2 aromatic rings. The van der Waals surface area contributed by atoms with Crippen LogP contribution in [0.25, 0.3) is 0 Å². The molecular weight excluding hydrogens is 324 g/mol. The van der Waals surface area contributed by atoms with Gasteiger partial charge >= 0.3 is 0 Å². The summed E-state index contributed by atoms with van der Waals surface area (Å²) in [6.07, 6.45) is 1.83. The predicted molar refractivity (Wildman–Crippen MR) is 84.7 cm³/mol. The molecule has 0 aliphatic heterocycles. The van der Waals surface area contributed by atoms with E-state index < -0.39 is 0 Å². The molecule has 0 radical (unpaired) electrons. The molecule has 4 heteroatoms. The Morgan fingerprint density at radius 3 is 2.74 bits per heavy atom. The molecule has 1 aromatic carbocycles. The lowest BCUT2D eigenvalue weighted by Gasteiger charge is -2.25. The Labute approximate surface area is 127 Å². The minimum Gasteiger partial charge on any atom is -0.366 e. The number of alkyl halides is 1. The van der Waals surface area contributed by atoms with Gasteiger partial charge in [0.2, 0.25) is 0 Å². The maximum atomic E-state index is 6.03. The molecule has 19 heavy (non-hydrogen) atoms. The predicted octanol–water partition coefficient (Wildman–Crippen LogP) is 4.61. The zero-order chi connectivity index (χ0) is 13.7. The average Bonchev–Trinajstić information content (AvgIpc) is 2.46. The van der Waals surface area contributed by atoms with E-state index in [4.69, 9.17) is 11.6 Å². The first-order chi connectivity index (χ1) is 9.24. The second-order valence-corrected chi connectivity index (χ2v) is 5.42. The van der Waals surface area contributed by atoms with Crippen molar-refractivity contribution in [1.29, 1.82) is 0 Å². The summed E-state index contributed by atoms with van der Waals surface area (Å²) in [6.45, 7) is 3.84. The van der Waals surface area contributed by atoms with Crippen molar-refractivity contribution in [1.82, 2.24) is 4.98 Å². The SMILES string of the molecule is CCN(Cc1ccccn1)c1cc(Br)ccc1CCl. The van der Waals surface area contributed by atoms with E-state index in [1.807, 2.05) is 30.5 Å². The Bertz CT molecular complexity index is 531. The summed E-state index contributed by atoms with van der Waals surface area (Å²) in [5, 5.41) is 0. The van der Waals surface area contributed by atoms with Gasteiger partial charge in [0.15, 0.2) is 0 Å². The van der Waals surface area contributed by atoms with Crippen molar-refractivity contribution in [2.75, 3.05) is 11.4 Å². The Hall–Kier alpha value is -1.06. The average molecular weight is 340 g/mol. The van der Waals surface area contributed by atoms with Gasteiger partial charge in [-0.05, 0) is 36.8 Å². The lowest BCUT2D eigenvalue weighted by Crippen LogP contribution is -2.23. The molecule has 1 heterocycles. The highest BCUT2D eigenvalue weighted by atomic mass is 79.9. The summed E-state index contributed by atoms with van der Waals surface area (Å²) in [6, 6.07) is 12.2. The monoisotopic (exact) mass is 338 g/mol. The first-order valence-corrected chi connectivity index (χ1v) is 7.56. The quantitative estimate of drug-likeness (QED) is 0.740. The van der Waals surface area contributed by atoms with Crippen molar-refractivity contribution in [3.8, 4) is 0 Å². The Balaban J connectivity index is 2.29. The minimum atomic E-state index is 0.515. The van der Waals surface area contributed by atoms with Crippen molar-refractivity contribution in [3.05, 3.63) is 58.3 Å². The van der Waals surface area contributed by atoms with Gasteiger partial charge in [0, 0.05) is 28.8 Å². The van der Waals surface area contributed by atoms with Crippen LogP contribution in [0.4, 0.5) is 5.69 Å². The number of benzene rings is 1. The summed E-state index contributed by atoms with van der Waals surface area (Å²) in [5.41, 5.74) is 3.37. The van der Waals surface area contributed by atoms with Gasteiger partial charge in [-0.15, -0.1) is 11.6 Å². The molecule has 0 spiro atoms. The van der Waals surface area contributed by atoms with E-state index in [9.17, 15) is 0 Å². The molecule has 0 N–H and O–H groups in total. The molecule has 100 valence electrons. The number of hydrogen-bond donors (Lipinski definition) is 0. The topological polar surface area (TPSA) is 16.1 Å². The number of anilines is 1. The summed E-state index contributed by atoms with van der Waals surface area (Å²) in [4.78, 5) is 6.67. The zero-order valence-electron chi connectivity index (χ0n) is 10.8. The Morgan fingerprint density at radius 2 is 2.11 bits per heavy atom. The number of aromatic nitrogens is 1. The largest absolute Gasteiger partial charge is 0.366 e. The second kappa shape index (κ2) is 6.92. The van der Waals surface area contributed by atoms with Gasteiger partial charge in [-0.25, -0.2) is 0 Å². The third-order valence-corrected chi connectivity index (χ3v) is 3.77. The molecule has 1 aromatic heterocycles. The molecule has 0 unspecified atom stereocenters. The summed E-state index contributed by atoms with van der Waals surface area (Å²) in [5.74, 6) is 0.515. The standard InChI is InChI=1S/C15H16BrClN2/c1-2-19(11-14-5-3-4-8-18-14)15-9-13(16)7-6-12(15)10-17/h3-9H,2,10-11H2,1H3. The summed E-state index contributed by atoms with van der Waals surface area (Å²) in [7, 11) is 0. The highest BCUT2D eigenvalue weighted by Crippen LogP contribution is 2.27. The van der Waals surface area contributed by atoms with Gasteiger partial charge in [-0.1, -0.05) is 28.1 Å². The van der Waals surface area contributed by atoms with Gasteiger partial charge < -0.3 is 4.90 Å². The molecule has 2 nitrogen and oxygen atoms in total. The van der Waals surface area contributed by atoms with Gasteiger partial charge in [0.05, 0.1) is 12.2 Å². The molecule has 0 atom stereocenters. The third-order valence-electron chi connectivity index (χ3n) is 2.99. The van der Waals surface area contributed by atoms with E-state index in [1.54, 1.807) is 0 Å². The highest BCUT2D eigenvalue weighted by molar-refractivity contribution is 9.10. The van der Waals surface area contributed by atoms with Crippen LogP contribution in [0, 0.1) is 0 Å². The summed E-state index contributed by atoms with van der Waals surface area (Å²) >= 11 is 9.55. The number of rotatable bonds is 5. The first-order valence-electron chi connectivity index (χ1n) is 6.24. The molecule has 0 bridgehead atoms. The van der Waals surface area contributed by atoms with Crippen LogP contribution < -0.4 is 4.90 Å². The van der Waals surface area contributed by atoms with E-state index in [1.165, 1.54) is 0 Å². The van der Waals surface area contributed by atoms with E-state index in [2.05, 4.69) is 44.9 Å². The maximum Gasteiger partial charge on any atom is 0.0602 e. The van der Waals surface area contributed by atoms with Crippen LogP contribution in [0.1, 0.15) is 18.2 Å².